The van der Waals surface area contributed by atoms with Gasteiger partial charge in [-0.2, -0.15) is 4.98 Å². The van der Waals surface area contributed by atoms with E-state index in [1.807, 2.05) is 50.2 Å². The Morgan fingerprint density at radius 2 is 1.88 bits per heavy atom. The Morgan fingerprint density at radius 3 is 2.65 bits per heavy atom. The number of rotatable bonds is 5. The summed E-state index contributed by atoms with van der Waals surface area (Å²) in [4.78, 5) is 16.3. The van der Waals surface area contributed by atoms with Crippen LogP contribution in [0.2, 0.25) is 0 Å². The normalized spacial score (nSPS) is 10.6. The summed E-state index contributed by atoms with van der Waals surface area (Å²) < 4.78 is 10.6. The van der Waals surface area contributed by atoms with Crippen molar-refractivity contribution >= 4 is 11.7 Å². The lowest BCUT2D eigenvalue weighted by atomic mass is 10.2. The number of carbonyl (C=O) groups excluding carboxylic acids is 1. The van der Waals surface area contributed by atoms with Crippen molar-refractivity contribution in [3.05, 3.63) is 48.5 Å². The van der Waals surface area contributed by atoms with Crippen molar-refractivity contribution < 1.29 is 14.1 Å². The molecule has 7 nitrogen and oxygen atoms in total. The van der Waals surface area contributed by atoms with Crippen molar-refractivity contribution in [1.29, 1.82) is 0 Å². The fourth-order valence-electron chi connectivity index (χ4n) is 2.38. The molecule has 0 aliphatic rings. The molecule has 0 saturated heterocycles. The maximum absolute atomic E-state index is 11.8. The van der Waals surface area contributed by atoms with Crippen LogP contribution in [0.15, 0.2) is 53.1 Å². The Hall–Kier alpha value is -3.35. The lowest BCUT2D eigenvalue weighted by Gasteiger charge is -2.10. The molecule has 1 aromatic heterocycles. The van der Waals surface area contributed by atoms with Crippen LogP contribution < -0.4 is 15.4 Å². The van der Waals surface area contributed by atoms with Crippen LogP contribution in [0.1, 0.15) is 13.8 Å². The Morgan fingerprint density at radius 1 is 1.12 bits per heavy atom. The number of methoxy groups -OCH3 is 1. The Labute approximate surface area is 151 Å². The van der Waals surface area contributed by atoms with Crippen LogP contribution in [-0.4, -0.2) is 29.3 Å². The molecule has 0 spiro atoms. The molecule has 7 heteroatoms. The van der Waals surface area contributed by atoms with Crippen molar-refractivity contribution in [2.45, 2.75) is 19.9 Å². The number of amides is 2. The van der Waals surface area contributed by atoms with Crippen LogP contribution in [0.3, 0.4) is 0 Å². The van der Waals surface area contributed by atoms with Gasteiger partial charge in [0.1, 0.15) is 5.75 Å². The molecule has 0 aliphatic heterocycles. The lowest BCUT2D eigenvalue weighted by molar-refractivity contribution is 0.250. The van der Waals surface area contributed by atoms with Gasteiger partial charge >= 0.3 is 6.03 Å². The minimum absolute atomic E-state index is 0.0563. The summed E-state index contributed by atoms with van der Waals surface area (Å²) in [6, 6.07) is 14.5. The molecule has 0 radical (unpaired) electrons. The summed E-state index contributed by atoms with van der Waals surface area (Å²) >= 11 is 0. The summed E-state index contributed by atoms with van der Waals surface area (Å²) in [7, 11) is 1.60. The summed E-state index contributed by atoms with van der Waals surface area (Å²) in [5, 5.41) is 9.59. The predicted octanol–water partition coefficient (Wildman–Crippen LogP) is 3.94. The van der Waals surface area contributed by atoms with Gasteiger partial charge in [0.25, 0.3) is 5.89 Å². The number of nitrogens with zero attached hydrogens (tertiary/aromatic N) is 2. The van der Waals surface area contributed by atoms with Gasteiger partial charge in [-0.05, 0) is 44.2 Å². The zero-order valence-electron chi connectivity index (χ0n) is 14.8. The van der Waals surface area contributed by atoms with E-state index >= 15 is 0 Å². The number of anilines is 1. The fourth-order valence-corrected chi connectivity index (χ4v) is 2.38. The Bertz CT molecular complexity index is 905. The second kappa shape index (κ2) is 7.69. The number of hydrogen-bond donors (Lipinski definition) is 2. The van der Waals surface area contributed by atoms with Gasteiger partial charge in [0, 0.05) is 22.9 Å². The van der Waals surface area contributed by atoms with Crippen molar-refractivity contribution in [3.63, 3.8) is 0 Å². The van der Waals surface area contributed by atoms with E-state index in [4.69, 9.17) is 9.26 Å². The van der Waals surface area contributed by atoms with Crippen molar-refractivity contribution in [3.8, 4) is 28.6 Å². The monoisotopic (exact) mass is 352 g/mol. The highest BCUT2D eigenvalue weighted by molar-refractivity contribution is 5.90. The van der Waals surface area contributed by atoms with Gasteiger partial charge in [-0.1, -0.05) is 23.4 Å². The molecule has 0 unspecified atom stereocenters. The van der Waals surface area contributed by atoms with Crippen molar-refractivity contribution in [2.24, 2.45) is 0 Å². The molecule has 2 amide bonds. The highest BCUT2D eigenvalue weighted by Gasteiger charge is 2.12. The molecule has 1 heterocycles. The smallest absolute Gasteiger partial charge is 0.319 e. The van der Waals surface area contributed by atoms with E-state index < -0.39 is 0 Å². The molecule has 0 bridgehead atoms. The molecule has 26 heavy (non-hydrogen) atoms. The third-order valence-corrected chi connectivity index (χ3v) is 3.54. The number of urea groups is 1. The molecular weight excluding hydrogens is 332 g/mol. The van der Waals surface area contributed by atoms with E-state index in [9.17, 15) is 4.79 Å². The van der Waals surface area contributed by atoms with Crippen molar-refractivity contribution in [1.82, 2.24) is 15.5 Å². The van der Waals surface area contributed by atoms with E-state index in [1.165, 1.54) is 0 Å². The molecule has 2 aromatic carbocycles. The summed E-state index contributed by atoms with van der Waals surface area (Å²) in [6.45, 7) is 3.80. The second-order valence-corrected chi connectivity index (χ2v) is 5.99. The van der Waals surface area contributed by atoms with Crippen LogP contribution in [0.25, 0.3) is 22.8 Å². The van der Waals surface area contributed by atoms with E-state index in [0.29, 0.717) is 23.2 Å². The van der Waals surface area contributed by atoms with Crippen LogP contribution in [0.4, 0.5) is 10.5 Å². The van der Waals surface area contributed by atoms with Crippen LogP contribution >= 0.6 is 0 Å². The molecule has 0 fully saturated rings. The second-order valence-electron chi connectivity index (χ2n) is 5.99. The Kier molecular flexibility index (Phi) is 5.17. The van der Waals surface area contributed by atoms with E-state index in [2.05, 4.69) is 20.8 Å². The largest absolute Gasteiger partial charge is 0.497 e. The van der Waals surface area contributed by atoms with Gasteiger partial charge in [0.15, 0.2) is 0 Å². The number of ether oxygens (including phenoxy) is 1. The van der Waals surface area contributed by atoms with Gasteiger partial charge < -0.3 is 19.9 Å². The maximum atomic E-state index is 11.8. The third-order valence-electron chi connectivity index (χ3n) is 3.54. The minimum atomic E-state index is -0.262. The van der Waals surface area contributed by atoms with Crippen LogP contribution in [0.5, 0.6) is 5.75 Å². The van der Waals surface area contributed by atoms with Gasteiger partial charge in [0.05, 0.1) is 7.11 Å². The van der Waals surface area contributed by atoms with Crippen LogP contribution in [0, 0.1) is 0 Å². The highest BCUT2D eigenvalue weighted by Crippen LogP contribution is 2.26. The molecular formula is C19H20N4O3. The number of benzene rings is 2. The quantitative estimate of drug-likeness (QED) is 0.726. The van der Waals surface area contributed by atoms with Crippen molar-refractivity contribution in [2.75, 3.05) is 12.4 Å². The van der Waals surface area contributed by atoms with E-state index in [0.717, 1.165) is 11.1 Å². The van der Waals surface area contributed by atoms with Gasteiger partial charge in [-0.3, -0.25) is 0 Å². The SMILES string of the molecule is COc1cccc(-c2nc(-c3cccc(NC(=O)NC(C)C)c3)no2)c1. The van der Waals surface area contributed by atoms with E-state index in [-0.39, 0.29) is 12.1 Å². The zero-order valence-corrected chi connectivity index (χ0v) is 14.8. The number of nitrogens with one attached hydrogen (secondary N) is 2. The number of aromatic nitrogens is 2. The van der Waals surface area contributed by atoms with Crippen LogP contribution in [-0.2, 0) is 0 Å². The third kappa shape index (κ3) is 4.18. The summed E-state index contributed by atoms with van der Waals surface area (Å²) in [6.07, 6.45) is 0. The fraction of sp³-hybridized carbons (Fsp3) is 0.211. The van der Waals surface area contributed by atoms with E-state index in [1.54, 1.807) is 19.2 Å². The maximum Gasteiger partial charge on any atom is 0.319 e. The standard InChI is InChI=1S/C19H20N4O3/c1-12(2)20-19(24)21-15-8-4-6-13(10-15)17-22-18(26-23-17)14-7-5-9-16(11-14)25-3/h4-12H,1-3H3,(H2,20,21,24). The lowest BCUT2D eigenvalue weighted by Crippen LogP contribution is -2.34. The average molecular weight is 352 g/mol. The summed E-state index contributed by atoms with van der Waals surface area (Å²) in [5.41, 5.74) is 2.16. The molecule has 0 atom stereocenters. The molecule has 3 aromatic rings. The molecule has 3 rings (SSSR count). The molecule has 134 valence electrons. The van der Waals surface area contributed by atoms with Gasteiger partial charge in [-0.25, -0.2) is 4.79 Å². The van der Waals surface area contributed by atoms with Gasteiger partial charge in [-0.15, -0.1) is 0 Å². The predicted molar refractivity (Wildman–Crippen MR) is 99.0 cm³/mol. The highest BCUT2D eigenvalue weighted by atomic mass is 16.5. The first-order chi connectivity index (χ1) is 12.5. The summed E-state index contributed by atoms with van der Waals surface area (Å²) in [5.74, 6) is 1.55. The molecule has 0 aliphatic carbocycles. The zero-order chi connectivity index (χ0) is 18.5. The average Bonchev–Trinajstić information content (AvgIpc) is 3.11. The molecule has 2 N–H and O–H groups in total. The van der Waals surface area contributed by atoms with Gasteiger partial charge in [0.2, 0.25) is 5.82 Å². The first-order valence-corrected chi connectivity index (χ1v) is 8.21. The first-order valence-electron chi connectivity index (χ1n) is 8.21. The minimum Gasteiger partial charge on any atom is -0.497 e. The topological polar surface area (TPSA) is 89.3 Å². The molecule has 0 saturated carbocycles. The number of hydrogen-bond acceptors (Lipinski definition) is 5. The Balaban J connectivity index is 1.81. The number of carbonyl (C=O) groups is 1. The first kappa shape index (κ1) is 17.5.